The van der Waals surface area contributed by atoms with Gasteiger partial charge in [-0.1, -0.05) is 6.07 Å². The Balaban J connectivity index is 1.63. The van der Waals surface area contributed by atoms with Gasteiger partial charge < -0.3 is 14.7 Å². The molecule has 3 aromatic carbocycles. The number of nitrogens with one attached hydrogen (secondary N) is 2. The van der Waals surface area contributed by atoms with Gasteiger partial charge in [-0.3, -0.25) is 9.10 Å². The molecule has 0 aliphatic rings. The van der Waals surface area contributed by atoms with Gasteiger partial charge in [0.25, 0.3) is 5.91 Å². The zero-order valence-corrected chi connectivity index (χ0v) is 23.5. The second kappa shape index (κ2) is 10.1. The van der Waals surface area contributed by atoms with Crippen LogP contribution < -0.4 is 9.62 Å². The lowest BCUT2D eigenvalue weighted by Crippen LogP contribution is -2.25. The predicted molar refractivity (Wildman–Crippen MR) is 159 cm³/mol. The number of H-pyrrole nitrogens is 1. The number of aromatic nitrogens is 2. The molecule has 0 unspecified atom stereocenters. The number of benzene rings is 3. The molecule has 0 aliphatic heterocycles. The number of hydrogen-bond donors (Lipinski definition) is 2. The molecule has 42 heavy (non-hydrogen) atoms. The highest BCUT2D eigenvalue weighted by molar-refractivity contribution is 7.92. The number of pyridine rings is 1. The van der Waals surface area contributed by atoms with Crippen LogP contribution in [-0.4, -0.2) is 44.6 Å². The SMILES string of the molecule is CNC(=O)c1c(-c2ccc(F)cc2)oc2cc(N(C)S(C)(=O)=O)c(-c3ccc(F)c(-c4cc5cccnc5[nH]4)c3)cc12. The van der Waals surface area contributed by atoms with Crippen molar-refractivity contribution >= 4 is 43.6 Å². The smallest absolute Gasteiger partial charge is 0.255 e. The Hall–Kier alpha value is -5.03. The van der Waals surface area contributed by atoms with Crippen molar-refractivity contribution in [3.8, 4) is 33.7 Å². The summed E-state index contributed by atoms with van der Waals surface area (Å²) >= 11 is 0. The largest absolute Gasteiger partial charge is 0.455 e. The maximum Gasteiger partial charge on any atom is 0.255 e. The minimum atomic E-state index is -3.74. The lowest BCUT2D eigenvalue weighted by atomic mass is 9.96. The summed E-state index contributed by atoms with van der Waals surface area (Å²) in [7, 11) is -0.866. The first kappa shape index (κ1) is 27.2. The van der Waals surface area contributed by atoms with E-state index in [1.54, 1.807) is 36.5 Å². The Morgan fingerprint density at radius 3 is 2.40 bits per heavy atom. The first-order chi connectivity index (χ1) is 20.0. The van der Waals surface area contributed by atoms with Crippen molar-refractivity contribution in [1.82, 2.24) is 15.3 Å². The number of rotatable bonds is 6. The van der Waals surface area contributed by atoms with Gasteiger partial charge in [0.05, 0.1) is 23.2 Å². The van der Waals surface area contributed by atoms with Crippen molar-refractivity contribution in [3.63, 3.8) is 0 Å². The molecule has 1 amide bonds. The molecule has 0 saturated heterocycles. The number of furan rings is 1. The number of carbonyl (C=O) groups is 1. The van der Waals surface area contributed by atoms with E-state index in [4.69, 9.17) is 4.42 Å². The quantitative estimate of drug-likeness (QED) is 0.237. The van der Waals surface area contributed by atoms with E-state index >= 15 is 4.39 Å². The Bertz CT molecular complexity index is 2090. The van der Waals surface area contributed by atoms with E-state index in [2.05, 4.69) is 15.3 Å². The zero-order chi connectivity index (χ0) is 29.8. The Kier molecular flexibility index (Phi) is 6.53. The number of sulfonamides is 1. The van der Waals surface area contributed by atoms with Crippen LogP contribution in [0.5, 0.6) is 0 Å². The average molecular weight is 587 g/mol. The third kappa shape index (κ3) is 4.67. The summed E-state index contributed by atoms with van der Waals surface area (Å²) in [6.45, 7) is 0. The van der Waals surface area contributed by atoms with Gasteiger partial charge in [-0.25, -0.2) is 22.2 Å². The van der Waals surface area contributed by atoms with Crippen LogP contribution in [0, 0.1) is 11.6 Å². The predicted octanol–water partition coefficient (Wildman–Crippen LogP) is 6.34. The summed E-state index contributed by atoms with van der Waals surface area (Å²) in [5.41, 5.74) is 3.41. The molecule has 8 nitrogen and oxygen atoms in total. The highest BCUT2D eigenvalue weighted by Gasteiger charge is 2.26. The molecule has 212 valence electrons. The molecule has 2 N–H and O–H groups in total. The normalized spacial score (nSPS) is 11.7. The number of aromatic amines is 1. The van der Waals surface area contributed by atoms with E-state index in [9.17, 15) is 17.6 Å². The molecule has 6 aromatic rings. The van der Waals surface area contributed by atoms with Crippen molar-refractivity contribution in [2.45, 2.75) is 0 Å². The van der Waals surface area contributed by atoms with Gasteiger partial charge in [0.1, 0.15) is 28.6 Å². The summed E-state index contributed by atoms with van der Waals surface area (Å²) < 4.78 is 61.5. The molecular weight excluding hydrogens is 562 g/mol. The molecular formula is C31H24F2N4O4S. The van der Waals surface area contributed by atoms with Crippen LogP contribution in [0.25, 0.3) is 55.7 Å². The summed E-state index contributed by atoms with van der Waals surface area (Å²) in [5.74, 6) is -1.20. The number of nitrogens with zero attached hydrogens (tertiary/aromatic N) is 2. The van der Waals surface area contributed by atoms with Gasteiger partial charge in [-0.05, 0) is 66.2 Å². The average Bonchev–Trinajstić information content (AvgIpc) is 3.57. The summed E-state index contributed by atoms with van der Waals surface area (Å²) in [6, 6.07) is 18.5. The van der Waals surface area contributed by atoms with E-state index in [0.29, 0.717) is 33.4 Å². The third-order valence-electron chi connectivity index (χ3n) is 7.16. The van der Waals surface area contributed by atoms with Crippen LogP contribution >= 0.6 is 0 Å². The van der Waals surface area contributed by atoms with Crippen molar-refractivity contribution in [1.29, 1.82) is 0 Å². The number of fused-ring (bicyclic) bond motifs is 2. The fraction of sp³-hybridized carbons (Fsp3) is 0.0968. The molecule has 0 fully saturated rings. The van der Waals surface area contributed by atoms with Crippen molar-refractivity contribution in [3.05, 3.63) is 96.2 Å². The second-order valence-corrected chi connectivity index (χ2v) is 11.8. The third-order valence-corrected chi connectivity index (χ3v) is 8.35. The van der Waals surface area contributed by atoms with Crippen molar-refractivity contribution < 1.29 is 26.4 Å². The molecule has 11 heteroatoms. The number of carbonyl (C=O) groups excluding carboxylic acids is 1. The van der Waals surface area contributed by atoms with Crippen LogP contribution in [0.4, 0.5) is 14.5 Å². The maximum atomic E-state index is 15.2. The zero-order valence-electron chi connectivity index (χ0n) is 22.7. The standard InChI is InChI=1S/C31H24F2N4O4S/c1-34-31(38)28-23-15-21(18-8-11-24(33)22(13-18)25-14-19-5-4-12-35-30(19)36-25)26(37(2)42(3,39)40)16-27(23)41-29(28)17-6-9-20(32)10-7-17/h4-16H,1-3H3,(H,34,38)(H,35,36). The Morgan fingerprint density at radius 2 is 1.71 bits per heavy atom. The van der Waals surface area contributed by atoms with Gasteiger partial charge >= 0.3 is 0 Å². The van der Waals surface area contributed by atoms with Crippen molar-refractivity contribution in [2.75, 3.05) is 24.7 Å². The number of hydrogen-bond acceptors (Lipinski definition) is 5. The first-order valence-corrected chi connectivity index (χ1v) is 14.7. The van der Waals surface area contributed by atoms with Crippen LogP contribution in [0.2, 0.25) is 0 Å². The van der Waals surface area contributed by atoms with Gasteiger partial charge in [0.15, 0.2) is 0 Å². The number of amides is 1. The Labute approximate surface area is 239 Å². The molecule has 0 saturated carbocycles. The minimum Gasteiger partial charge on any atom is -0.455 e. The van der Waals surface area contributed by atoms with E-state index in [0.717, 1.165) is 15.9 Å². The van der Waals surface area contributed by atoms with Gasteiger partial charge in [-0.2, -0.15) is 0 Å². The second-order valence-electron chi connectivity index (χ2n) is 9.81. The van der Waals surface area contributed by atoms with Crippen LogP contribution in [0.3, 0.4) is 0 Å². The van der Waals surface area contributed by atoms with Crippen molar-refractivity contribution in [2.24, 2.45) is 0 Å². The first-order valence-electron chi connectivity index (χ1n) is 12.8. The summed E-state index contributed by atoms with van der Waals surface area (Å²) in [5, 5.41) is 3.82. The van der Waals surface area contributed by atoms with Crippen LogP contribution in [-0.2, 0) is 10.0 Å². The summed E-state index contributed by atoms with van der Waals surface area (Å²) in [6.07, 6.45) is 2.70. The highest BCUT2D eigenvalue weighted by Crippen LogP contribution is 2.42. The molecule has 0 spiro atoms. The van der Waals surface area contributed by atoms with Gasteiger partial charge in [-0.15, -0.1) is 0 Å². The van der Waals surface area contributed by atoms with E-state index in [-0.39, 0.29) is 28.2 Å². The molecule has 3 aromatic heterocycles. The molecule has 0 aliphatic carbocycles. The van der Waals surface area contributed by atoms with Gasteiger partial charge in [0, 0.05) is 53.8 Å². The minimum absolute atomic E-state index is 0.193. The fourth-order valence-corrected chi connectivity index (χ4v) is 5.47. The van der Waals surface area contributed by atoms with Crippen LogP contribution in [0.15, 0.2) is 83.4 Å². The van der Waals surface area contributed by atoms with E-state index < -0.39 is 27.6 Å². The molecule has 3 heterocycles. The number of anilines is 1. The van der Waals surface area contributed by atoms with Gasteiger partial charge in [0.2, 0.25) is 10.0 Å². The fourth-order valence-electron chi connectivity index (χ4n) is 4.96. The number of halogens is 2. The maximum absolute atomic E-state index is 15.2. The van der Waals surface area contributed by atoms with Crippen LogP contribution in [0.1, 0.15) is 10.4 Å². The molecule has 0 bridgehead atoms. The monoisotopic (exact) mass is 586 g/mol. The molecule has 0 atom stereocenters. The van der Waals surface area contributed by atoms with E-state index in [1.165, 1.54) is 50.5 Å². The molecule has 0 radical (unpaired) electrons. The topological polar surface area (TPSA) is 108 Å². The Morgan fingerprint density at radius 1 is 0.976 bits per heavy atom. The lowest BCUT2D eigenvalue weighted by molar-refractivity contribution is 0.0964. The molecule has 6 rings (SSSR count). The highest BCUT2D eigenvalue weighted by atomic mass is 32.2. The van der Waals surface area contributed by atoms with E-state index in [1.807, 2.05) is 6.07 Å². The lowest BCUT2D eigenvalue weighted by Gasteiger charge is -2.21. The summed E-state index contributed by atoms with van der Waals surface area (Å²) in [4.78, 5) is 20.5.